The Morgan fingerprint density at radius 1 is 1.50 bits per heavy atom. The van der Waals surface area contributed by atoms with Crippen molar-refractivity contribution < 1.29 is 13.5 Å². The molecule has 0 unspecified atom stereocenters. The summed E-state index contributed by atoms with van der Waals surface area (Å²) in [5.41, 5.74) is 0.649. The Hall–Kier alpha value is -0.390. The molecule has 1 heterocycles. The molecule has 0 amide bonds. The van der Waals surface area contributed by atoms with E-state index in [4.69, 9.17) is 0 Å². The van der Waals surface area contributed by atoms with Crippen LogP contribution in [0.1, 0.15) is 19.8 Å². The minimum absolute atomic E-state index is 0.0170. The van der Waals surface area contributed by atoms with Crippen LogP contribution in [0.2, 0.25) is 0 Å². The summed E-state index contributed by atoms with van der Waals surface area (Å²) in [6, 6.07) is 0. The molecule has 0 spiro atoms. The van der Waals surface area contributed by atoms with Crippen molar-refractivity contribution >= 4 is 10.0 Å². The normalized spacial score (nSPS) is 21.0. The Morgan fingerprint density at radius 3 is 2.43 bits per heavy atom. The van der Waals surface area contributed by atoms with Gasteiger partial charge in [0.1, 0.15) is 0 Å². The van der Waals surface area contributed by atoms with Gasteiger partial charge in [0.2, 0.25) is 10.0 Å². The minimum atomic E-state index is -3.18. The van der Waals surface area contributed by atoms with Crippen molar-refractivity contribution in [3.05, 3.63) is 12.2 Å². The Morgan fingerprint density at radius 2 is 2.00 bits per heavy atom. The van der Waals surface area contributed by atoms with Gasteiger partial charge in [0, 0.05) is 13.1 Å². The predicted molar refractivity (Wildman–Crippen MR) is 55.4 cm³/mol. The zero-order valence-electron chi connectivity index (χ0n) is 8.44. The summed E-state index contributed by atoms with van der Waals surface area (Å²) in [7, 11) is -3.18. The first-order valence-electron chi connectivity index (χ1n) is 4.72. The van der Waals surface area contributed by atoms with Crippen molar-refractivity contribution in [3.8, 4) is 0 Å². The van der Waals surface area contributed by atoms with Crippen LogP contribution in [-0.4, -0.2) is 42.8 Å². The number of aliphatic hydroxyl groups excluding tert-OH is 1. The summed E-state index contributed by atoms with van der Waals surface area (Å²) < 4.78 is 24.8. The number of nitrogens with zero attached hydrogens (tertiary/aromatic N) is 1. The Bertz CT molecular complexity index is 302. The second kappa shape index (κ2) is 4.42. The summed E-state index contributed by atoms with van der Waals surface area (Å²) in [4.78, 5) is 0. The molecule has 0 atom stereocenters. The fraction of sp³-hybridized carbons (Fsp3) is 0.778. The molecule has 0 aromatic rings. The highest BCUT2D eigenvalue weighted by Crippen LogP contribution is 2.15. The first-order chi connectivity index (χ1) is 6.42. The van der Waals surface area contributed by atoms with Gasteiger partial charge in [-0.3, -0.25) is 0 Å². The van der Waals surface area contributed by atoms with E-state index >= 15 is 0 Å². The topological polar surface area (TPSA) is 57.6 Å². The number of rotatable bonds is 3. The van der Waals surface area contributed by atoms with E-state index in [1.807, 2.05) is 0 Å². The first kappa shape index (κ1) is 11.7. The second-order valence-corrected chi connectivity index (χ2v) is 5.81. The average molecular weight is 219 g/mol. The largest absolute Gasteiger partial charge is 0.393 e. The van der Waals surface area contributed by atoms with Gasteiger partial charge in [0.15, 0.2) is 0 Å². The molecule has 4 nitrogen and oxygen atoms in total. The summed E-state index contributed by atoms with van der Waals surface area (Å²) in [5, 5.41) is 9.24. The van der Waals surface area contributed by atoms with Crippen LogP contribution in [0.25, 0.3) is 0 Å². The summed E-state index contributed by atoms with van der Waals surface area (Å²) in [6.07, 6.45) is 0.733. The van der Waals surface area contributed by atoms with Crippen LogP contribution in [0.3, 0.4) is 0 Å². The molecule has 5 heteroatoms. The van der Waals surface area contributed by atoms with Gasteiger partial charge < -0.3 is 5.11 Å². The Kier molecular flexibility index (Phi) is 3.69. The van der Waals surface area contributed by atoms with Crippen molar-refractivity contribution in [1.82, 2.24) is 4.31 Å². The van der Waals surface area contributed by atoms with Crippen molar-refractivity contribution in [1.29, 1.82) is 0 Å². The fourth-order valence-corrected chi connectivity index (χ4v) is 3.10. The number of hydrogen-bond donors (Lipinski definition) is 1. The van der Waals surface area contributed by atoms with Crippen LogP contribution in [0, 0.1) is 0 Å². The molecule has 14 heavy (non-hydrogen) atoms. The zero-order chi connectivity index (χ0) is 10.8. The van der Waals surface area contributed by atoms with Gasteiger partial charge in [0.25, 0.3) is 0 Å². The van der Waals surface area contributed by atoms with Crippen LogP contribution in [0.15, 0.2) is 12.2 Å². The van der Waals surface area contributed by atoms with Crippen LogP contribution >= 0.6 is 0 Å². The van der Waals surface area contributed by atoms with E-state index in [0.717, 1.165) is 0 Å². The SMILES string of the molecule is C=C(C)CS(=O)(=O)N1CCC(O)CC1. The van der Waals surface area contributed by atoms with E-state index in [1.165, 1.54) is 4.31 Å². The van der Waals surface area contributed by atoms with Crippen molar-refractivity contribution in [3.63, 3.8) is 0 Å². The molecular weight excluding hydrogens is 202 g/mol. The molecule has 1 fully saturated rings. The lowest BCUT2D eigenvalue weighted by molar-refractivity contribution is 0.113. The van der Waals surface area contributed by atoms with Crippen molar-refractivity contribution in [2.24, 2.45) is 0 Å². The number of sulfonamides is 1. The lowest BCUT2D eigenvalue weighted by atomic mass is 10.1. The van der Waals surface area contributed by atoms with Gasteiger partial charge in [-0.2, -0.15) is 0 Å². The van der Waals surface area contributed by atoms with Crippen molar-refractivity contribution in [2.45, 2.75) is 25.9 Å². The van der Waals surface area contributed by atoms with E-state index in [9.17, 15) is 13.5 Å². The molecule has 0 aromatic carbocycles. The van der Waals surface area contributed by atoms with Crippen LogP contribution < -0.4 is 0 Å². The Balaban J connectivity index is 2.60. The van der Waals surface area contributed by atoms with Crippen LogP contribution in [0.4, 0.5) is 0 Å². The molecule has 1 aliphatic rings. The predicted octanol–water partition coefficient (Wildman–Crippen LogP) is 0.349. The second-order valence-electron chi connectivity index (χ2n) is 3.84. The molecule has 82 valence electrons. The van der Waals surface area contributed by atoms with Gasteiger partial charge in [-0.05, 0) is 19.8 Å². The third kappa shape index (κ3) is 3.08. The molecule has 1 rings (SSSR count). The fourth-order valence-electron chi connectivity index (χ4n) is 1.52. The molecule has 1 N–H and O–H groups in total. The summed E-state index contributed by atoms with van der Waals surface area (Å²) in [5.74, 6) is 0.0170. The Labute approximate surface area is 85.3 Å². The van der Waals surface area contributed by atoms with Gasteiger partial charge in [-0.15, -0.1) is 0 Å². The number of hydrogen-bond acceptors (Lipinski definition) is 3. The minimum Gasteiger partial charge on any atom is -0.393 e. The molecule has 0 aliphatic carbocycles. The van der Waals surface area contributed by atoms with Gasteiger partial charge >= 0.3 is 0 Å². The van der Waals surface area contributed by atoms with Gasteiger partial charge in [-0.1, -0.05) is 12.2 Å². The van der Waals surface area contributed by atoms with E-state index in [-0.39, 0.29) is 11.9 Å². The lowest BCUT2D eigenvalue weighted by Crippen LogP contribution is -2.41. The van der Waals surface area contributed by atoms with E-state index < -0.39 is 10.0 Å². The maximum Gasteiger partial charge on any atom is 0.217 e. The molecule has 0 radical (unpaired) electrons. The monoisotopic (exact) mass is 219 g/mol. The van der Waals surface area contributed by atoms with E-state index in [0.29, 0.717) is 31.5 Å². The van der Waals surface area contributed by atoms with Crippen LogP contribution in [0.5, 0.6) is 0 Å². The molecule has 1 saturated heterocycles. The highest BCUT2D eigenvalue weighted by molar-refractivity contribution is 7.89. The summed E-state index contributed by atoms with van der Waals surface area (Å²) >= 11 is 0. The standard InChI is InChI=1S/C9H17NO3S/c1-8(2)7-14(12,13)10-5-3-9(11)4-6-10/h9,11H,1,3-7H2,2H3. The van der Waals surface area contributed by atoms with Gasteiger partial charge in [0.05, 0.1) is 11.9 Å². The lowest BCUT2D eigenvalue weighted by Gasteiger charge is -2.28. The van der Waals surface area contributed by atoms with Crippen molar-refractivity contribution in [2.75, 3.05) is 18.8 Å². The third-order valence-corrected chi connectivity index (χ3v) is 4.26. The maximum absolute atomic E-state index is 11.7. The van der Waals surface area contributed by atoms with Crippen LogP contribution in [-0.2, 0) is 10.0 Å². The first-order valence-corrected chi connectivity index (χ1v) is 6.33. The highest BCUT2D eigenvalue weighted by atomic mass is 32.2. The molecular formula is C9H17NO3S. The number of aliphatic hydroxyl groups is 1. The number of piperidine rings is 1. The molecule has 0 saturated carbocycles. The zero-order valence-corrected chi connectivity index (χ0v) is 9.26. The summed E-state index contributed by atoms with van der Waals surface area (Å²) in [6.45, 7) is 6.15. The van der Waals surface area contributed by atoms with E-state index in [2.05, 4.69) is 6.58 Å². The third-order valence-electron chi connectivity index (χ3n) is 2.25. The highest BCUT2D eigenvalue weighted by Gasteiger charge is 2.26. The van der Waals surface area contributed by atoms with E-state index in [1.54, 1.807) is 6.92 Å². The molecule has 0 bridgehead atoms. The molecule has 0 aromatic heterocycles. The smallest absolute Gasteiger partial charge is 0.217 e. The quantitative estimate of drug-likeness (QED) is 0.697. The van der Waals surface area contributed by atoms with Gasteiger partial charge in [-0.25, -0.2) is 12.7 Å². The average Bonchev–Trinajstić information content (AvgIpc) is 2.02. The maximum atomic E-state index is 11.7. The molecule has 1 aliphatic heterocycles.